The Kier molecular flexibility index (Phi) is 3.62. The molecule has 5 rings (SSSR count). The van der Waals surface area contributed by atoms with E-state index in [0.717, 1.165) is 15.1 Å². The van der Waals surface area contributed by atoms with Crippen molar-refractivity contribution in [2.24, 2.45) is 0 Å². The third kappa shape index (κ3) is 2.15. The van der Waals surface area contributed by atoms with Crippen LogP contribution in [-0.4, -0.2) is 72.6 Å². The number of urea groups is 1. The number of hydrogen-bond acceptors (Lipinski definition) is 4. The smallest absolute Gasteiger partial charge is 0.306 e. The predicted octanol–water partition coefficient (Wildman–Crippen LogP) is 1.24. The molecule has 0 spiro atoms. The number of carbonyl (C=O) groups excluding carboxylic acids is 2. The summed E-state index contributed by atoms with van der Waals surface area (Å²) < 4.78 is 27.8. The fraction of sp³-hybridized carbons (Fsp3) is 0.368. The van der Waals surface area contributed by atoms with E-state index in [1.54, 1.807) is 11.0 Å². The van der Waals surface area contributed by atoms with Gasteiger partial charge in [-0.15, -0.1) is 0 Å². The van der Waals surface area contributed by atoms with Crippen LogP contribution in [0.3, 0.4) is 0 Å². The van der Waals surface area contributed by atoms with Crippen LogP contribution >= 0.6 is 0 Å². The van der Waals surface area contributed by atoms with Crippen LogP contribution in [0.15, 0.2) is 42.5 Å². The predicted molar refractivity (Wildman–Crippen MR) is 104 cm³/mol. The van der Waals surface area contributed by atoms with Crippen molar-refractivity contribution in [3.05, 3.63) is 42.5 Å². The molecule has 2 aromatic rings. The number of nitrogens with zero attached hydrogens (tertiary/aromatic N) is 4. The number of rotatable bonds is 3. The van der Waals surface area contributed by atoms with E-state index in [1.165, 1.54) is 23.3 Å². The average molecular weight is 400 g/mol. The fourth-order valence-electron chi connectivity index (χ4n) is 4.72. The Labute approximate surface area is 163 Å². The van der Waals surface area contributed by atoms with Crippen LogP contribution in [0.25, 0.3) is 10.8 Å². The van der Waals surface area contributed by atoms with Gasteiger partial charge in [-0.25, -0.2) is 9.69 Å². The topological polar surface area (TPSA) is 81.2 Å². The van der Waals surface area contributed by atoms with Gasteiger partial charge in [0, 0.05) is 32.1 Å². The summed E-state index contributed by atoms with van der Waals surface area (Å²) in [7, 11) is -0.695. The van der Waals surface area contributed by atoms with Crippen LogP contribution in [-0.2, 0) is 15.0 Å². The average Bonchev–Trinajstić information content (AvgIpc) is 3.33. The summed E-state index contributed by atoms with van der Waals surface area (Å²) in [6.07, 6.45) is 0.499. The maximum absolute atomic E-state index is 13.3. The van der Waals surface area contributed by atoms with Gasteiger partial charge in [0.05, 0.1) is 11.7 Å². The number of anilines is 1. The van der Waals surface area contributed by atoms with E-state index in [2.05, 4.69) is 0 Å². The standard InChI is InChI=1S/C19H20N4O4S/c1-20(2)28(26,27)21-11-13-10-16(21)17-18(24)23(19(25)22(13)17)15-9-5-7-12-6-3-4-8-14(12)15/h3-9,13,16-17H,10-11H2,1-2H3/t13-,16?,17-/m1/s1. The van der Waals surface area contributed by atoms with E-state index in [1.807, 2.05) is 36.4 Å². The highest BCUT2D eigenvalue weighted by Gasteiger charge is 2.64. The summed E-state index contributed by atoms with van der Waals surface area (Å²) >= 11 is 0. The van der Waals surface area contributed by atoms with E-state index in [9.17, 15) is 18.0 Å². The molecular weight excluding hydrogens is 380 g/mol. The minimum Gasteiger partial charge on any atom is -0.306 e. The summed E-state index contributed by atoms with van der Waals surface area (Å²) in [5, 5.41) is 1.76. The maximum Gasteiger partial charge on any atom is 0.332 e. The quantitative estimate of drug-likeness (QED) is 0.726. The van der Waals surface area contributed by atoms with Crippen LogP contribution < -0.4 is 4.90 Å². The maximum atomic E-state index is 13.3. The van der Waals surface area contributed by atoms with Crippen LogP contribution in [0.2, 0.25) is 0 Å². The lowest BCUT2D eigenvalue weighted by molar-refractivity contribution is -0.120. The van der Waals surface area contributed by atoms with Crippen molar-refractivity contribution >= 4 is 38.6 Å². The Balaban J connectivity index is 1.56. The minimum atomic E-state index is -3.65. The molecule has 2 aromatic carbocycles. The molecule has 2 bridgehead atoms. The lowest BCUT2D eigenvalue weighted by Gasteiger charge is -2.35. The highest BCUT2D eigenvalue weighted by Crippen LogP contribution is 2.44. The van der Waals surface area contributed by atoms with Gasteiger partial charge in [-0.1, -0.05) is 36.4 Å². The molecule has 28 heavy (non-hydrogen) atoms. The van der Waals surface area contributed by atoms with E-state index in [-0.39, 0.29) is 24.5 Å². The second-order valence-corrected chi connectivity index (χ2v) is 9.72. The monoisotopic (exact) mass is 400 g/mol. The molecule has 0 aromatic heterocycles. The molecule has 1 unspecified atom stereocenters. The van der Waals surface area contributed by atoms with Crippen molar-refractivity contribution in [1.82, 2.24) is 13.5 Å². The molecule has 0 radical (unpaired) electrons. The minimum absolute atomic E-state index is 0.226. The largest absolute Gasteiger partial charge is 0.332 e. The molecule has 0 N–H and O–H groups in total. The third-order valence-corrected chi connectivity index (χ3v) is 7.92. The highest BCUT2D eigenvalue weighted by molar-refractivity contribution is 7.86. The van der Waals surface area contributed by atoms with E-state index >= 15 is 0 Å². The zero-order valence-corrected chi connectivity index (χ0v) is 16.3. The zero-order chi connectivity index (χ0) is 19.8. The van der Waals surface area contributed by atoms with Crippen molar-refractivity contribution < 1.29 is 18.0 Å². The van der Waals surface area contributed by atoms with Crippen molar-refractivity contribution in [1.29, 1.82) is 0 Å². The second kappa shape index (κ2) is 5.76. The summed E-state index contributed by atoms with van der Waals surface area (Å²) in [5.74, 6) is -0.354. The Bertz CT molecular complexity index is 1110. The molecule has 9 heteroatoms. The summed E-state index contributed by atoms with van der Waals surface area (Å²) in [6.45, 7) is 0.226. The van der Waals surface area contributed by atoms with Crippen LogP contribution in [0.1, 0.15) is 6.42 Å². The highest BCUT2D eigenvalue weighted by atomic mass is 32.2. The fourth-order valence-corrected chi connectivity index (χ4v) is 6.04. The molecular formula is C19H20N4O4S. The Morgan fingerprint density at radius 2 is 1.75 bits per heavy atom. The number of carbonyl (C=O) groups is 2. The first-order valence-corrected chi connectivity index (χ1v) is 10.6. The van der Waals surface area contributed by atoms with Gasteiger partial charge in [0.25, 0.3) is 16.1 Å². The molecule has 0 aliphatic carbocycles. The van der Waals surface area contributed by atoms with Gasteiger partial charge >= 0.3 is 6.03 Å². The summed E-state index contributed by atoms with van der Waals surface area (Å²) in [6, 6.07) is 11.2. The van der Waals surface area contributed by atoms with E-state index < -0.39 is 22.3 Å². The van der Waals surface area contributed by atoms with Gasteiger partial charge in [-0.3, -0.25) is 4.79 Å². The molecule has 3 heterocycles. The number of benzene rings is 2. The first-order chi connectivity index (χ1) is 13.3. The Hall–Kier alpha value is -2.49. The van der Waals surface area contributed by atoms with Gasteiger partial charge in [-0.2, -0.15) is 17.0 Å². The number of amides is 3. The van der Waals surface area contributed by atoms with Crippen molar-refractivity contribution in [2.45, 2.75) is 24.5 Å². The third-order valence-electron chi connectivity index (χ3n) is 5.98. The molecule has 3 aliphatic heterocycles. The molecule has 3 aliphatic rings. The van der Waals surface area contributed by atoms with E-state index in [4.69, 9.17) is 0 Å². The lowest BCUT2D eigenvalue weighted by Crippen LogP contribution is -2.56. The number of hydrogen-bond donors (Lipinski definition) is 0. The SMILES string of the molecule is CN(C)S(=O)(=O)N1C[C@H]2CC1[C@@H]1C(=O)N(c3cccc4ccccc34)C(=O)N21. The van der Waals surface area contributed by atoms with Crippen LogP contribution in [0.5, 0.6) is 0 Å². The van der Waals surface area contributed by atoms with Gasteiger partial charge in [0.1, 0.15) is 6.04 Å². The first-order valence-electron chi connectivity index (χ1n) is 9.15. The number of imide groups is 1. The van der Waals surface area contributed by atoms with Crippen molar-refractivity contribution in [2.75, 3.05) is 25.5 Å². The van der Waals surface area contributed by atoms with Crippen LogP contribution in [0, 0.1) is 0 Å². The molecule has 8 nitrogen and oxygen atoms in total. The second-order valence-electron chi connectivity index (χ2n) is 7.62. The normalized spacial score (nSPS) is 27.5. The van der Waals surface area contributed by atoms with Gasteiger partial charge in [0.15, 0.2) is 0 Å². The Morgan fingerprint density at radius 3 is 2.50 bits per heavy atom. The Morgan fingerprint density at radius 1 is 1.04 bits per heavy atom. The number of fused-ring (bicyclic) bond motifs is 6. The van der Waals surface area contributed by atoms with E-state index in [0.29, 0.717) is 12.1 Å². The van der Waals surface area contributed by atoms with Gasteiger partial charge in [0.2, 0.25) is 0 Å². The molecule has 0 saturated carbocycles. The zero-order valence-electron chi connectivity index (χ0n) is 15.5. The number of piperazine rings is 1. The molecule has 3 atom stereocenters. The summed E-state index contributed by atoms with van der Waals surface area (Å²) in [4.78, 5) is 29.3. The van der Waals surface area contributed by atoms with Crippen molar-refractivity contribution in [3.63, 3.8) is 0 Å². The molecule has 146 valence electrons. The summed E-state index contributed by atoms with van der Waals surface area (Å²) in [5.41, 5.74) is 0.545. The molecule has 3 amide bonds. The van der Waals surface area contributed by atoms with Crippen molar-refractivity contribution in [3.8, 4) is 0 Å². The van der Waals surface area contributed by atoms with Gasteiger partial charge in [-0.05, 0) is 17.9 Å². The molecule has 3 fully saturated rings. The lowest BCUT2D eigenvalue weighted by atomic mass is 10.1. The van der Waals surface area contributed by atoms with Gasteiger partial charge < -0.3 is 4.90 Å². The molecule has 3 saturated heterocycles. The first kappa shape index (κ1) is 17.6. The van der Waals surface area contributed by atoms with Crippen LogP contribution in [0.4, 0.5) is 10.5 Å².